The fourth-order valence-corrected chi connectivity index (χ4v) is 2.30. The SMILES string of the molecule is Cc1ccc(C)c(OCn2ccc(C(=O)Nc3ccc(Cl)cn3)n2)c1. The average Bonchev–Trinajstić information content (AvgIpc) is 3.07. The summed E-state index contributed by atoms with van der Waals surface area (Å²) in [4.78, 5) is 16.2. The molecule has 0 fully saturated rings. The number of aryl methyl sites for hydroxylation is 2. The summed E-state index contributed by atoms with van der Waals surface area (Å²) in [7, 11) is 0. The van der Waals surface area contributed by atoms with Gasteiger partial charge in [0.15, 0.2) is 12.4 Å². The second-order valence-corrected chi connectivity index (χ2v) is 6.04. The summed E-state index contributed by atoms with van der Waals surface area (Å²) >= 11 is 5.77. The van der Waals surface area contributed by atoms with Gasteiger partial charge in [-0.3, -0.25) is 4.79 Å². The number of amides is 1. The van der Waals surface area contributed by atoms with Gasteiger partial charge in [-0.05, 0) is 49.2 Å². The van der Waals surface area contributed by atoms with E-state index in [0.717, 1.165) is 16.9 Å². The summed E-state index contributed by atoms with van der Waals surface area (Å²) in [5.74, 6) is 0.864. The first-order valence-electron chi connectivity index (χ1n) is 7.68. The lowest BCUT2D eigenvalue weighted by Gasteiger charge is -2.09. The normalized spacial score (nSPS) is 10.5. The largest absolute Gasteiger partial charge is 0.471 e. The van der Waals surface area contributed by atoms with Crippen LogP contribution < -0.4 is 10.1 Å². The van der Waals surface area contributed by atoms with Crippen molar-refractivity contribution in [3.63, 3.8) is 0 Å². The third-order valence-electron chi connectivity index (χ3n) is 3.54. The maximum Gasteiger partial charge on any atom is 0.277 e. The molecule has 0 aliphatic carbocycles. The number of aromatic nitrogens is 3. The zero-order chi connectivity index (χ0) is 17.8. The lowest BCUT2D eigenvalue weighted by Crippen LogP contribution is -2.15. The molecule has 0 saturated heterocycles. The highest BCUT2D eigenvalue weighted by molar-refractivity contribution is 6.30. The average molecular weight is 357 g/mol. The number of hydrogen-bond acceptors (Lipinski definition) is 4. The van der Waals surface area contributed by atoms with Gasteiger partial charge >= 0.3 is 0 Å². The van der Waals surface area contributed by atoms with Crippen molar-refractivity contribution in [2.24, 2.45) is 0 Å². The van der Waals surface area contributed by atoms with Gasteiger partial charge in [0.25, 0.3) is 5.91 Å². The van der Waals surface area contributed by atoms with Gasteiger partial charge in [-0.1, -0.05) is 23.7 Å². The fraction of sp³-hybridized carbons (Fsp3) is 0.167. The van der Waals surface area contributed by atoms with Crippen LogP contribution in [0.2, 0.25) is 5.02 Å². The Balaban J connectivity index is 1.62. The number of nitrogens with zero attached hydrogens (tertiary/aromatic N) is 3. The third-order valence-corrected chi connectivity index (χ3v) is 3.76. The van der Waals surface area contributed by atoms with Crippen molar-refractivity contribution < 1.29 is 9.53 Å². The molecule has 7 heteroatoms. The smallest absolute Gasteiger partial charge is 0.277 e. The number of rotatable bonds is 5. The number of hydrogen-bond donors (Lipinski definition) is 1. The Labute approximate surface area is 150 Å². The van der Waals surface area contributed by atoms with Crippen molar-refractivity contribution in [1.29, 1.82) is 0 Å². The molecule has 0 bridgehead atoms. The summed E-state index contributed by atoms with van der Waals surface area (Å²) in [6, 6.07) is 10.9. The Morgan fingerprint density at radius 3 is 2.84 bits per heavy atom. The first kappa shape index (κ1) is 17.0. The summed E-state index contributed by atoms with van der Waals surface area (Å²) in [6.45, 7) is 4.21. The monoisotopic (exact) mass is 356 g/mol. The molecular weight excluding hydrogens is 340 g/mol. The minimum atomic E-state index is -0.347. The van der Waals surface area contributed by atoms with Crippen LogP contribution in [0.5, 0.6) is 5.75 Å². The Hall–Kier alpha value is -2.86. The van der Waals surface area contributed by atoms with E-state index in [1.54, 1.807) is 29.1 Å². The maximum atomic E-state index is 12.2. The molecule has 0 atom stereocenters. The topological polar surface area (TPSA) is 69.0 Å². The van der Waals surface area contributed by atoms with E-state index in [9.17, 15) is 4.79 Å². The predicted molar refractivity (Wildman–Crippen MR) is 96.0 cm³/mol. The molecular formula is C18H17ClN4O2. The summed E-state index contributed by atoms with van der Waals surface area (Å²) < 4.78 is 7.33. The molecule has 0 aliphatic heterocycles. The molecule has 1 aromatic carbocycles. The fourth-order valence-electron chi connectivity index (χ4n) is 2.18. The Kier molecular flexibility index (Phi) is 5.00. The van der Waals surface area contributed by atoms with Crippen LogP contribution in [0.15, 0.2) is 48.8 Å². The van der Waals surface area contributed by atoms with Crippen molar-refractivity contribution in [2.45, 2.75) is 20.6 Å². The van der Waals surface area contributed by atoms with E-state index < -0.39 is 0 Å². The summed E-state index contributed by atoms with van der Waals surface area (Å²) in [6.07, 6.45) is 3.16. The van der Waals surface area contributed by atoms with Gasteiger partial charge in [0.05, 0.1) is 5.02 Å². The predicted octanol–water partition coefficient (Wildman–Crippen LogP) is 3.84. The second kappa shape index (κ2) is 7.36. The van der Waals surface area contributed by atoms with Crippen molar-refractivity contribution in [2.75, 3.05) is 5.32 Å². The van der Waals surface area contributed by atoms with E-state index in [4.69, 9.17) is 16.3 Å². The van der Waals surface area contributed by atoms with Gasteiger partial charge in [0.2, 0.25) is 0 Å². The zero-order valence-electron chi connectivity index (χ0n) is 13.9. The van der Waals surface area contributed by atoms with Gasteiger partial charge in [-0.2, -0.15) is 5.10 Å². The Morgan fingerprint density at radius 1 is 1.24 bits per heavy atom. The first-order chi connectivity index (χ1) is 12.0. The number of pyridine rings is 1. The maximum absolute atomic E-state index is 12.2. The third kappa shape index (κ3) is 4.36. The standard InChI is InChI=1S/C18H17ClN4O2/c1-12-3-4-13(2)16(9-12)25-11-23-8-7-15(22-23)18(24)21-17-6-5-14(19)10-20-17/h3-10H,11H2,1-2H3,(H,20,21,24). The van der Waals surface area contributed by atoms with Crippen LogP contribution in [0, 0.1) is 13.8 Å². The molecule has 3 aromatic rings. The first-order valence-corrected chi connectivity index (χ1v) is 8.05. The summed E-state index contributed by atoms with van der Waals surface area (Å²) in [5.41, 5.74) is 2.45. The molecule has 0 unspecified atom stereocenters. The second-order valence-electron chi connectivity index (χ2n) is 5.60. The molecule has 128 valence electrons. The Morgan fingerprint density at radius 2 is 2.08 bits per heavy atom. The van der Waals surface area contributed by atoms with Crippen LogP contribution in [0.3, 0.4) is 0 Å². The number of ether oxygens (including phenoxy) is 1. The van der Waals surface area contributed by atoms with E-state index in [1.807, 2.05) is 32.0 Å². The number of benzene rings is 1. The number of halogens is 1. The Bertz CT molecular complexity index is 890. The van der Waals surface area contributed by atoms with Crippen LogP contribution in [0.4, 0.5) is 5.82 Å². The van der Waals surface area contributed by atoms with E-state index >= 15 is 0 Å². The molecule has 3 rings (SSSR count). The van der Waals surface area contributed by atoms with Crippen LogP contribution in [0.25, 0.3) is 0 Å². The van der Waals surface area contributed by atoms with Crippen molar-refractivity contribution in [3.05, 3.63) is 70.6 Å². The van der Waals surface area contributed by atoms with E-state index in [0.29, 0.717) is 10.8 Å². The molecule has 1 N–H and O–H groups in total. The molecule has 0 spiro atoms. The minimum absolute atomic E-state index is 0.219. The van der Waals surface area contributed by atoms with Crippen molar-refractivity contribution in [1.82, 2.24) is 14.8 Å². The molecule has 0 radical (unpaired) electrons. The molecule has 1 amide bonds. The molecule has 2 heterocycles. The quantitative estimate of drug-likeness (QED) is 0.754. The lowest BCUT2D eigenvalue weighted by molar-refractivity contribution is 0.102. The number of anilines is 1. The molecule has 25 heavy (non-hydrogen) atoms. The van der Waals surface area contributed by atoms with Crippen LogP contribution in [0.1, 0.15) is 21.6 Å². The number of carbonyl (C=O) groups excluding carboxylic acids is 1. The minimum Gasteiger partial charge on any atom is -0.471 e. The van der Waals surface area contributed by atoms with Crippen LogP contribution >= 0.6 is 11.6 Å². The van der Waals surface area contributed by atoms with Crippen molar-refractivity contribution >= 4 is 23.3 Å². The van der Waals surface area contributed by atoms with Gasteiger partial charge in [-0.15, -0.1) is 0 Å². The van der Waals surface area contributed by atoms with Gasteiger partial charge in [0, 0.05) is 12.4 Å². The highest BCUT2D eigenvalue weighted by atomic mass is 35.5. The van der Waals surface area contributed by atoms with Crippen LogP contribution in [-0.4, -0.2) is 20.7 Å². The summed E-state index contributed by atoms with van der Waals surface area (Å²) in [5, 5.41) is 7.39. The number of nitrogens with one attached hydrogen (secondary N) is 1. The van der Waals surface area contributed by atoms with Gasteiger partial charge in [0.1, 0.15) is 11.6 Å². The molecule has 0 saturated carbocycles. The van der Waals surface area contributed by atoms with E-state index in [1.165, 1.54) is 6.20 Å². The highest BCUT2D eigenvalue weighted by Crippen LogP contribution is 2.19. The van der Waals surface area contributed by atoms with E-state index in [2.05, 4.69) is 15.4 Å². The van der Waals surface area contributed by atoms with Crippen molar-refractivity contribution in [3.8, 4) is 5.75 Å². The van der Waals surface area contributed by atoms with E-state index in [-0.39, 0.29) is 18.3 Å². The molecule has 6 nitrogen and oxygen atoms in total. The van der Waals surface area contributed by atoms with Gasteiger partial charge in [-0.25, -0.2) is 9.67 Å². The lowest BCUT2D eigenvalue weighted by atomic mass is 10.1. The molecule has 2 aromatic heterocycles. The van der Waals surface area contributed by atoms with Gasteiger partial charge < -0.3 is 10.1 Å². The highest BCUT2D eigenvalue weighted by Gasteiger charge is 2.11. The molecule has 0 aliphatic rings. The van der Waals surface area contributed by atoms with Crippen LogP contribution in [-0.2, 0) is 6.73 Å². The number of carbonyl (C=O) groups is 1. The zero-order valence-corrected chi connectivity index (χ0v) is 14.6.